The Morgan fingerprint density at radius 1 is 1.53 bits per heavy atom. The van der Waals surface area contributed by atoms with Crippen molar-refractivity contribution in [2.24, 2.45) is 0 Å². The third kappa shape index (κ3) is 4.16. The minimum atomic E-state index is -0.0869. The number of ether oxygens (including phenoxy) is 1. The van der Waals surface area contributed by atoms with Crippen LogP contribution in [0.2, 0.25) is 5.15 Å². The first-order chi connectivity index (χ1) is 9.04. The van der Waals surface area contributed by atoms with Crippen molar-refractivity contribution in [2.75, 3.05) is 25.0 Å². The minimum Gasteiger partial charge on any atom is -0.373 e. The summed E-state index contributed by atoms with van der Waals surface area (Å²) in [6.07, 6.45) is 1.89. The number of amides is 1. The summed E-state index contributed by atoms with van der Waals surface area (Å²) in [6.45, 7) is 5.89. The van der Waals surface area contributed by atoms with Gasteiger partial charge in [-0.3, -0.25) is 9.69 Å². The molecule has 5 nitrogen and oxygen atoms in total. The van der Waals surface area contributed by atoms with Gasteiger partial charge in [-0.15, -0.1) is 0 Å². The standard InChI is InChI=1S/C13H18ClN3O2/c1-9-6-17(7-10(2)19-9)8-12(18)16-11-4-3-5-15-13(11)14/h3-5,9-10H,6-8H2,1-2H3,(H,16,18)/t9-,10-/m1/s1. The van der Waals surface area contributed by atoms with Gasteiger partial charge in [-0.25, -0.2) is 4.98 Å². The number of hydrogen-bond donors (Lipinski definition) is 1. The summed E-state index contributed by atoms with van der Waals surface area (Å²) >= 11 is 5.90. The highest BCUT2D eigenvalue weighted by Gasteiger charge is 2.23. The second-order valence-electron chi connectivity index (χ2n) is 4.84. The van der Waals surface area contributed by atoms with Crippen LogP contribution in [0.4, 0.5) is 5.69 Å². The summed E-state index contributed by atoms with van der Waals surface area (Å²) in [6, 6.07) is 3.47. The first kappa shape index (κ1) is 14.2. The molecule has 19 heavy (non-hydrogen) atoms. The first-order valence-electron chi connectivity index (χ1n) is 6.33. The largest absolute Gasteiger partial charge is 0.373 e. The fourth-order valence-corrected chi connectivity index (χ4v) is 2.45. The van der Waals surface area contributed by atoms with E-state index >= 15 is 0 Å². The summed E-state index contributed by atoms with van der Waals surface area (Å²) in [5.74, 6) is -0.0869. The highest BCUT2D eigenvalue weighted by molar-refractivity contribution is 6.32. The molecule has 1 aliphatic rings. The van der Waals surface area contributed by atoms with E-state index < -0.39 is 0 Å². The monoisotopic (exact) mass is 283 g/mol. The van der Waals surface area contributed by atoms with Gasteiger partial charge in [-0.1, -0.05) is 11.6 Å². The molecule has 1 aromatic rings. The van der Waals surface area contributed by atoms with Crippen LogP contribution >= 0.6 is 11.6 Å². The van der Waals surface area contributed by atoms with Crippen molar-refractivity contribution in [3.8, 4) is 0 Å². The Bertz CT molecular complexity index is 445. The number of morpholine rings is 1. The Morgan fingerprint density at radius 2 is 2.21 bits per heavy atom. The molecular formula is C13H18ClN3O2. The van der Waals surface area contributed by atoms with Gasteiger partial charge in [-0.05, 0) is 26.0 Å². The molecule has 0 spiro atoms. The molecule has 2 rings (SSSR count). The summed E-state index contributed by atoms with van der Waals surface area (Å²) in [4.78, 5) is 18.0. The van der Waals surface area contributed by atoms with E-state index in [1.165, 1.54) is 0 Å². The van der Waals surface area contributed by atoms with Crippen molar-refractivity contribution in [1.29, 1.82) is 0 Å². The molecule has 6 heteroatoms. The number of nitrogens with zero attached hydrogens (tertiary/aromatic N) is 2. The maximum absolute atomic E-state index is 12.0. The zero-order valence-corrected chi connectivity index (χ0v) is 11.9. The molecule has 0 aromatic carbocycles. The van der Waals surface area contributed by atoms with Gasteiger partial charge in [0.25, 0.3) is 0 Å². The first-order valence-corrected chi connectivity index (χ1v) is 6.70. The van der Waals surface area contributed by atoms with E-state index in [-0.39, 0.29) is 18.1 Å². The summed E-state index contributed by atoms with van der Waals surface area (Å²) < 4.78 is 5.63. The van der Waals surface area contributed by atoms with Crippen molar-refractivity contribution in [2.45, 2.75) is 26.1 Å². The third-order valence-electron chi connectivity index (χ3n) is 2.90. The molecule has 1 N–H and O–H groups in total. The normalized spacial score (nSPS) is 24.2. The summed E-state index contributed by atoms with van der Waals surface area (Å²) in [5.41, 5.74) is 0.545. The van der Waals surface area contributed by atoms with Crippen LogP contribution in [0, 0.1) is 0 Å². The number of rotatable bonds is 3. The van der Waals surface area contributed by atoms with Crippen LogP contribution in [-0.4, -0.2) is 47.6 Å². The summed E-state index contributed by atoms with van der Waals surface area (Å²) in [7, 11) is 0. The number of pyridine rings is 1. The van der Waals surface area contributed by atoms with E-state index in [4.69, 9.17) is 16.3 Å². The lowest BCUT2D eigenvalue weighted by Crippen LogP contribution is -2.48. The number of carbonyl (C=O) groups is 1. The van der Waals surface area contributed by atoms with Gasteiger partial charge < -0.3 is 10.1 Å². The van der Waals surface area contributed by atoms with Gasteiger partial charge in [0.2, 0.25) is 5.91 Å². The van der Waals surface area contributed by atoms with Crippen molar-refractivity contribution >= 4 is 23.2 Å². The zero-order valence-electron chi connectivity index (χ0n) is 11.1. The predicted octanol–water partition coefficient (Wildman–Crippen LogP) is 1.78. The van der Waals surface area contributed by atoms with Crippen LogP contribution < -0.4 is 5.32 Å². The summed E-state index contributed by atoms with van der Waals surface area (Å²) in [5, 5.41) is 3.08. The number of carbonyl (C=O) groups excluding carboxylic acids is 1. The van der Waals surface area contributed by atoms with Gasteiger partial charge in [0.05, 0.1) is 24.4 Å². The molecule has 1 aromatic heterocycles. The number of aromatic nitrogens is 1. The Morgan fingerprint density at radius 3 is 2.84 bits per heavy atom. The van der Waals surface area contributed by atoms with Gasteiger partial charge in [-0.2, -0.15) is 0 Å². The second kappa shape index (κ2) is 6.32. The molecule has 1 amide bonds. The number of halogens is 1. The molecule has 2 atom stereocenters. The van der Waals surface area contributed by atoms with Crippen LogP contribution in [0.25, 0.3) is 0 Å². The Hall–Kier alpha value is -1.17. The molecule has 0 aliphatic carbocycles. The van der Waals surface area contributed by atoms with Crippen LogP contribution in [0.15, 0.2) is 18.3 Å². The van der Waals surface area contributed by atoms with E-state index in [0.29, 0.717) is 17.4 Å². The maximum Gasteiger partial charge on any atom is 0.238 e. The van der Waals surface area contributed by atoms with Crippen molar-refractivity contribution in [1.82, 2.24) is 9.88 Å². The molecule has 1 fully saturated rings. The predicted molar refractivity (Wildman–Crippen MR) is 74.3 cm³/mol. The Labute approximate surface area is 117 Å². The van der Waals surface area contributed by atoms with Gasteiger partial charge >= 0.3 is 0 Å². The highest BCUT2D eigenvalue weighted by atomic mass is 35.5. The van der Waals surface area contributed by atoms with Crippen LogP contribution in [0.3, 0.4) is 0 Å². The Balaban J connectivity index is 1.89. The van der Waals surface area contributed by atoms with Crippen molar-refractivity contribution in [3.05, 3.63) is 23.5 Å². The van der Waals surface area contributed by atoms with Crippen LogP contribution in [0.1, 0.15) is 13.8 Å². The quantitative estimate of drug-likeness (QED) is 0.859. The number of hydrogen-bond acceptors (Lipinski definition) is 4. The fourth-order valence-electron chi connectivity index (χ4n) is 2.29. The lowest BCUT2D eigenvalue weighted by molar-refractivity contribution is -0.121. The van der Waals surface area contributed by atoms with E-state index in [1.807, 2.05) is 13.8 Å². The SMILES string of the molecule is C[C@@H]1CN(CC(=O)Nc2cccnc2Cl)C[C@@H](C)O1. The number of anilines is 1. The van der Waals surface area contributed by atoms with Gasteiger partial charge in [0.15, 0.2) is 5.15 Å². The van der Waals surface area contributed by atoms with Crippen LogP contribution in [0.5, 0.6) is 0 Å². The molecule has 0 radical (unpaired) electrons. The Kier molecular flexibility index (Phi) is 4.74. The molecular weight excluding hydrogens is 266 g/mol. The number of nitrogens with one attached hydrogen (secondary N) is 1. The fraction of sp³-hybridized carbons (Fsp3) is 0.538. The smallest absolute Gasteiger partial charge is 0.238 e. The topological polar surface area (TPSA) is 54.5 Å². The average Bonchev–Trinajstić information content (AvgIpc) is 2.30. The molecule has 0 saturated carbocycles. The van der Waals surface area contributed by atoms with E-state index in [9.17, 15) is 4.79 Å². The third-order valence-corrected chi connectivity index (χ3v) is 3.20. The molecule has 104 valence electrons. The van der Waals surface area contributed by atoms with Gasteiger partial charge in [0, 0.05) is 19.3 Å². The lowest BCUT2D eigenvalue weighted by atomic mass is 10.2. The van der Waals surface area contributed by atoms with Gasteiger partial charge in [0.1, 0.15) is 0 Å². The molecule has 0 bridgehead atoms. The second-order valence-corrected chi connectivity index (χ2v) is 5.20. The molecule has 1 saturated heterocycles. The van der Waals surface area contributed by atoms with Crippen LogP contribution in [-0.2, 0) is 9.53 Å². The lowest BCUT2D eigenvalue weighted by Gasteiger charge is -2.34. The van der Waals surface area contributed by atoms with Crippen molar-refractivity contribution in [3.63, 3.8) is 0 Å². The van der Waals surface area contributed by atoms with E-state index in [2.05, 4.69) is 15.2 Å². The van der Waals surface area contributed by atoms with E-state index in [1.54, 1.807) is 18.3 Å². The maximum atomic E-state index is 12.0. The average molecular weight is 284 g/mol. The zero-order chi connectivity index (χ0) is 13.8. The highest BCUT2D eigenvalue weighted by Crippen LogP contribution is 2.17. The van der Waals surface area contributed by atoms with Crippen molar-refractivity contribution < 1.29 is 9.53 Å². The minimum absolute atomic E-state index is 0.0869. The van der Waals surface area contributed by atoms with E-state index in [0.717, 1.165) is 13.1 Å². The molecule has 1 aliphatic heterocycles. The molecule has 2 heterocycles. The molecule has 0 unspecified atom stereocenters.